The lowest BCUT2D eigenvalue weighted by atomic mass is 10.1. The molecule has 0 spiro atoms. The van der Waals surface area contributed by atoms with Crippen LogP contribution < -0.4 is 16.3 Å². The molecule has 0 radical (unpaired) electrons. The van der Waals surface area contributed by atoms with Crippen LogP contribution in [0, 0.1) is 0 Å². The normalized spacial score (nSPS) is 14.7. The van der Waals surface area contributed by atoms with Crippen LogP contribution in [0.5, 0.6) is 0 Å². The van der Waals surface area contributed by atoms with E-state index in [1.54, 1.807) is 0 Å². The van der Waals surface area contributed by atoms with E-state index in [-0.39, 0.29) is 5.69 Å². The van der Waals surface area contributed by atoms with Gasteiger partial charge in [0.15, 0.2) is 0 Å². The van der Waals surface area contributed by atoms with E-state index in [4.69, 9.17) is 0 Å². The molecule has 3 N–H and O–H groups in total. The summed E-state index contributed by atoms with van der Waals surface area (Å²) in [5, 5.41) is 6.47. The second-order valence-corrected chi connectivity index (χ2v) is 3.70. The van der Waals surface area contributed by atoms with Crippen LogP contribution in [0.25, 0.3) is 0 Å². The molecule has 0 fully saturated rings. The molecule has 0 saturated heterocycles. The monoisotopic (exact) mass is 208 g/mol. The van der Waals surface area contributed by atoms with Crippen molar-refractivity contribution in [1.82, 2.24) is 15.3 Å². The fourth-order valence-corrected chi connectivity index (χ4v) is 1.76. The molecule has 1 aliphatic heterocycles. The second-order valence-electron chi connectivity index (χ2n) is 3.70. The summed E-state index contributed by atoms with van der Waals surface area (Å²) in [6, 6.07) is 0. The van der Waals surface area contributed by atoms with E-state index in [2.05, 4.69) is 27.5 Å². The highest BCUT2D eigenvalue weighted by Gasteiger charge is 2.14. The maximum absolute atomic E-state index is 11.3. The minimum atomic E-state index is -0.255. The first-order chi connectivity index (χ1) is 7.31. The van der Waals surface area contributed by atoms with Crippen molar-refractivity contribution in [2.24, 2.45) is 0 Å². The third-order valence-electron chi connectivity index (χ3n) is 2.52. The molecule has 0 aliphatic carbocycles. The molecule has 1 aromatic heterocycles. The van der Waals surface area contributed by atoms with E-state index < -0.39 is 0 Å². The van der Waals surface area contributed by atoms with Crippen molar-refractivity contribution in [1.29, 1.82) is 0 Å². The van der Waals surface area contributed by atoms with Crippen LogP contribution >= 0.6 is 0 Å². The Bertz CT molecular complexity index is 399. The van der Waals surface area contributed by atoms with Gasteiger partial charge in [-0.3, -0.25) is 0 Å². The molecule has 1 aliphatic rings. The number of H-pyrrole nitrogens is 1. The Morgan fingerprint density at radius 3 is 3.20 bits per heavy atom. The van der Waals surface area contributed by atoms with Crippen LogP contribution in [0.2, 0.25) is 0 Å². The van der Waals surface area contributed by atoms with Crippen molar-refractivity contribution < 1.29 is 0 Å². The molecule has 0 amide bonds. The Balaban J connectivity index is 2.34. The summed E-state index contributed by atoms with van der Waals surface area (Å²) in [6.07, 6.45) is 1.89. The predicted molar refractivity (Wildman–Crippen MR) is 59.0 cm³/mol. The molecular formula is C10H16N4O. The van der Waals surface area contributed by atoms with Gasteiger partial charge in [0.1, 0.15) is 5.82 Å². The Morgan fingerprint density at radius 1 is 1.53 bits per heavy atom. The van der Waals surface area contributed by atoms with Crippen molar-refractivity contribution in [2.75, 3.05) is 18.4 Å². The quantitative estimate of drug-likeness (QED) is 0.665. The van der Waals surface area contributed by atoms with Gasteiger partial charge in [-0.1, -0.05) is 6.92 Å². The Labute approximate surface area is 88.3 Å². The van der Waals surface area contributed by atoms with Gasteiger partial charge in [0.2, 0.25) is 0 Å². The predicted octanol–water partition coefficient (Wildman–Crippen LogP) is 0.237. The van der Waals surface area contributed by atoms with Gasteiger partial charge >= 0.3 is 5.69 Å². The highest BCUT2D eigenvalue weighted by Crippen LogP contribution is 2.16. The van der Waals surface area contributed by atoms with Gasteiger partial charge in [-0.25, -0.2) is 4.79 Å². The Hall–Kier alpha value is -1.36. The Kier molecular flexibility index (Phi) is 3.01. The van der Waals surface area contributed by atoms with Crippen molar-refractivity contribution in [2.45, 2.75) is 26.3 Å². The zero-order valence-electron chi connectivity index (χ0n) is 8.89. The zero-order valence-corrected chi connectivity index (χ0v) is 8.89. The standard InChI is InChI=1S/C10H16N4O/c1-2-4-12-9-7-6-11-5-3-8(7)13-10(15)14-9/h11H,2-6H2,1H3,(H2,12,13,14,15). The molecule has 2 heterocycles. The summed E-state index contributed by atoms with van der Waals surface area (Å²) in [5.41, 5.74) is 1.87. The number of aromatic amines is 1. The molecule has 0 atom stereocenters. The van der Waals surface area contributed by atoms with E-state index in [1.807, 2.05) is 0 Å². The molecule has 0 saturated carbocycles. The summed E-state index contributed by atoms with van der Waals surface area (Å²) in [5.74, 6) is 0.739. The van der Waals surface area contributed by atoms with Gasteiger partial charge in [0.05, 0.1) is 0 Å². The number of hydrogen-bond acceptors (Lipinski definition) is 4. The number of aromatic nitrogens is 2. The molecule has 5 nitrogen and oxygen atoms in total. The molecule has 0 unspecified atom stereocenters. The maximum atomic E-state index is 11.3. The average Bonchev–Trinajstić information content (AvgIpc) is 2.25. The van der Waals surface area contributed by atoms with E-state index >= 15 is 0 Å². The number of nitrogens with zero attached hydrogens (tertiary/aromatic N) is 1. The van der Waals surface area contributed by atoms with Crippen LogP contribution in [0.4, 0.5) is 5.82 Å². The van der Waals surface area contributed by atoms with Crippen LogP contribution in [-0.2, 0) is 13.0 Å². The molecular weight excluding hydrogens is 192 g/mol. The van der Waals surface area contributed by atoms with Crippen molar-refractivity contribution in [3.05, 3.63) is 21.7 Å². The molecule has 0 bridgehead atoms. The van der Waals surface area contributed by atoms with Gasteiger partial charge in [-0.15, -0.1) is 0 Å². The van der Waals surface area contributed by atoms with Crippen LogP contribution in [0.1, 0.15) is 24.6 Å². The highest BCUT2D eigenvalue weighted by molar-refractivity contribution is 5.46. The van der Waals surface area contributed by atoms with Crippen molar-refractivity contribution in [3.8, 4) is 0 Å². The smallest absolute Gasteiger partial charge is 0.347 e. The van der Waals surface area contributed by atoms with Gasteiger partial charge < -0.3 is 15.6 Å². The van der Waals surface area contributed by atoms with Crippen molar-refractivity contribution in [3.63, 3.8) is 0 Å². The van der Waals surface area contributed by atoms with E-state index in [0.717, 1.165) is 49.6 Å². The van der Waals surface area contributed by atoms with Gasteiger partial charge in [0.25, 0.3) is 0 Å². The van der Waals surface area contributed by atoms with Crippen LogP contribution in [0.15, 0.2) is 4.79 Å². The summed E-state index contributed by atoms with van der Waals surface area (Å²) in [7, 11) is 0. The highest BCUT2D eigenvalue weighted by atomic mass is 16.1. The van der Waals surface area contributed by atoms with Crippen LogP contribution in [-0.4, -0.2) is 23.1 Å². The fraction of sp³-hybridized carbons (Fsp3) is 0.600. The minimum Gasteiger partial charge on any atom is -0.370 e. The molecule has 1 aromatic rings. The lowest BCUT2D eigenvalue weighted by molar-refractivity contribution is 0.623. The van der Waals surface area contributed by atoms with Crippen LogP contribution in [0.3, 0.4) is 0 Å². The van der Waals surface area contributed by atoms with Gasteiger partial charge in [-0.05, 0) is 6.42 Å². The van der Waals surface area contributed by atoms with Gasteiger partial charge in [0, 0.05) is 37.3 Å². The van der Waals surface area contributed by atoms with Crippen molar-refractivity contribution >= 4 is 5.82 Å². The summed E-state index contributed by atoms with van der Waals surface area (Å²) < 4.78 is 0. The number of rotatable bonds is 3. The zero-order chi connectivity index (χ0) is 10.7. The third-order valence-corrected chi connectivity index (χ3v) is 2.52. The molecule has 15 heavy (non-hydrogen) atoms. The first-order valence-corrected chi connectivity index (χ1v) is 5.38. The number of fused-ring (bicyclic) bond motifs is 1. The number of hydrogen-bond donors (Lipinski definition) is 3. The lowest BCUT2D eigenvalue weighted by Crippen LogP contribution is -2.30. The summed E-state index contributed by atoms with van der Waals surface area (Å²) in [4.78, 5) is 18.1. The lowest BCUT2D eigenvalue weighted by Gasteiger charge is -2.19. The first kappa shape index (κ1) is 10.2. The van der Waals surface area contributed by atoms with E-state index in [1.165, 1.54) is 0 Å². The average molecular weight is 208 g/mol. The molecule has 0 aromatic carbocycles. The minimum absolute atomic E-state index is 0.255. The maximum Gasteiger partial charge on any atom is 0.347 e. The largest absolute Gasteiger partial charge is 0.370 e. The topological polar surface area (TPSA) is 69.8 Å². The van der Waals surface area contributed by atoms with Gasteiger partial charge in [-0.2, -0.15) is 4.98 Å². The third kappa shape index (κ3) is 2.18. The molecule has 82 valence electrons. The summed E-state index contributed by atoms with van der Waals surface area (Å²) in [6.45, 7) is 4.64. The van der Waals surface area contributed by atoms with E-state index in [9.17, 15) is 4.79 Å². The Morgan fingerprint density at radius 2 is 2.40 bits per heavy atom. The SMILES string of the molecule is CCCNc1nc(=O)[nH]c2c1CNCC2. The second kappa shape index (κ2) is 4.44. The number of anilines is 1. The number of nitrogens with one attached hydrogen (secondary N) is 3. The molecule has 5 heteroatoms. The summed E-state index contributed by atoms with van der Waals surface area (Å²) >= 11 is 0. The molecule has 2 rings (SSSR count). The first-order valence-electron chi connectivity index (χ1n) is 5.38. The fourth-order valence-electron chi connectivity index (χ4n) is 1.76. The van der Waals surface area contributed by atoms with E-state index in [0.29, 0.717) is 0 Å².